The van der Waals surface area contributed by atoms with Crippen LogP contribution in [0.1, 0.15) is 57.0 Å². The van der Waals surface area contributed by atoms with Gasteiger partial charge in [-0.15, -0.1) is 12.0 Å². The number of fused-ring (bicyclic) bond motifs is 1. The zero-order valence-electron chi connectivity index (χ0n) is 24.0. The van der Waals surface area contributed by atoms with Crippen molar-refractivity contribution < 1.29 is 58.9 Å². The second-order valence-electron chi connectivity index (χ2n) is 11.4. The second kappa shape index (κ2) is 14.1. The first-order chi connectivity index (χ1) is 16.7. The molecule has 204 valence electrons. The Labute approximate surface area is 270 Å². The number of allylic oxidation sites excluding steroid dienone is 4. The average molecular weight is 614 g/mol. The van der Waals surface area contributed by atoms with Gasteiger partial charge in [0.25, 0.3) is 0 Å². The molecule has 0 N–H and O–H groups in total. The smallest absolute Gasteiger partial charge is 1.00 e. The number of aryl methyl sites for hydroxylation is 6. The van der Waals surface area contributed by atoms with Crippen LogP contribution in [0.5, 0.6) is 0 Å². The summed E-state index contributed by atoms with van der Waals surface area (Å²) in [6, 6.07) is 21.7. The molecule has 4 atom stereocenters. The minimum absolute atomic E-state index is 0. The Morgan fingerprint density at radius 3 is 1.23 bits per heavy atom. The molecule has 0 amide bonds. The monoisotopic (exact) mass is 612 g/mol. The van der Waals surface area contributed by atoms with Gasteiger partial charge in [0.15, 0.2) is 0 Å². The molecule has 4 heteroatoms. The minimum Gasteiger partial charge on any atom is -1.00 e. The SMILES string of the molecule is Cc1cc(C)cc(C(c2cc(C)cc(C)c2)(c2cc(C)cc(C)c2)C2C(C)[CH-]C3C=CC=CC32)c1.[Cl-].[Cl-].[Cl-].[Ti+4]. The van der Waals surface area contributed by atoms with Gasteiger partial charge in [-0.1, -0.05) is 113 Å². The largest absolute Gasteiger partial charge is 4.00 e. The molecule has 39 heavy (non-hydrogen) atoms. The summed E-state index contributed by atoms with van der Waals surface area (Å²) in [6.45, 7) is 16.0. The molecular formula is C35H39Cl3Ti. The first-order valence-corrected chi connectivity index (χ1v) is 13.1. The molecular weight excluding hydrogens is 575 g/mol. The van der Waals surface area contributed by atoms with Crippen molar-refractivity contribution in [2.24, 2.45) is 23.7 Å². The molecule has 1 saturated carbocycles. The van der Waals surface area contributed by atoms with Crippen LogP contribution in [-0.4, -0.2) is 0 Å². The molecule has 3 aromatic rings. The zero-order chi connectivity index (χ0) is 24.9. The molecule has 2 aliphatic carbocycles. The van der Waals surface area contributed by atoms with E-state index in [0.29, 0.717) is 23.7 Å². The average Bonchev–Trinajstić information content (AvgIpc) is 3.09. The van der Waals surface area contributed by atoms with E-state index < -0.39 is 0 Å². The molecule has 4 unspecified atom stereocenters. The third-order valence-electron chi connectivity index (χ3n) is 8.26. The van der Waals surface area contributed by atoms with Crippen LogP contribution in [0.2, 0.25) is 0 Å². The van der Waals surface area contributed by atoms with Crippen LogP contribution in [0.3, 0.4) is 0 Å². The van der Waals surface area contributed by atoms with E-state index in [1.165, 1.54) is 50.1 Å². The van der Waals surface area contributed by atoms with Gasteiger partial charge in [0.2, 0.25) is 0 Å². The Kier molecular flexibility index (Phi) is 12.9. The van der Waals surface area contributed by atoms with E-state index in [1.807, 2.05) is 0 Å². The van der Waals surface area contributed by atoms with Gasteiger partial charge in [-0.2, -0.15) is 5.92 Å². The summed E-state index contributed by atoms with van der Waals surface area (Å²) < 4.78 is 0. The third-order valence-corrected chi connectivity index (χ3v) is 8.26. The first-order valence-electron chi connectivity index (χ1n) is 13.1. The first kappa shape index (κ1) is 35.8. The van der Waals surface area contributed by atoms with Gasteiger partial charge in [-0.3, -0.25) is 0 Å². The Morgan fingerprint density at radius 1 is 0.538 bits per heavy atom. The molecule has 0 aliphatic heterocycles. The molecule has 1 fully saturated rings. The van der Waals surface area contributed by atoms with Crippen LogP contribution in [0.25, 0.3) is 0 Å². The molecule has 0 nitrogen and oxygen atoms in total. The van der Waals surface area contributed by atoms with Crippen LogP contribution in [0, 0.1) is 71.6 Å². The van der Waals surface area contributed by atoms with E-state index in [1.54, 1.807) is 0 Å². The number of benzene rings is 3. The van der Waals surface area contributed by atoms with Crippen molar-refractivity contribution in [1.29, 1.82) is 0 Å². The summed E-state index contributed by atoms with van der Waals surface area (Å²) in [5, 5.41) is 0. The maximum atomic E-state index is 2.61. The zero-order valence-corrected chi connectivity index (χ0v) is 27.9. The minimum atomic E-state index is -0.255. The van der Waals surface area contributed by atoms with Crippen LogP contribution >= 0.6 is 0 Å². The van der Waals surface area contributed by atoms with Gasteiger partial charge in [0.05, 0.1) is 0 Å². The summed E-state index contributed by atoms with van der Waals surface area (Å²) in [7, 11) is 0. The van der Waals surface area contributed by atoms with Crippen molar-refractivity contribution in [2.45, 2.75) is 53.9 Å². The van der Waals surface area contributed by atoms with Crippen molar-refractivity contribution in [3.05, 3.63) is 135 Å². The molecule has 0 heterocycles. The summed E-state index contributed by atoms with van der Waals surface area (Å²) in [6.07, 6.45) is 12.0. The van der Waals surface area contributed by atoms with E-state index in [0.717, 1.165) is 0 Å². The fraction of sp³-hybridized carbons (Fsp3) is 0.343. The number of hydrogen-bond acceptors (Lipinski definition) is 0. The maximum Gasteiger partial charge on any atom is 4.00 e. The Balaban J connectivity index is 0.00000190. The van der Waals surface area contributed by atoms with Crippen molar-refractivity contribution in [3.63, 3.8) is 0 Å². The van der Waals surface area contributed by atoms with Crippen molar-refractivity contribution in [2.75, 3.05) is 0 Å². The van der Waals surface area contributed by atoms with Gasteiger partial charge in [0, 0.05) is 5.41 Å². The van der Waals surface area contributed by atoms with Crippen LogP contribution in [-0.2, 0) is 27.1 Å². The summed E-state index contributed by atoms with van der Waals surface area (Å²) in [5.74, 6) is 1.84. The predicted molar refractivity (Wildman–Crippen MR) is 150 cm³/mol. The molecule has 0 radical (unpaired) electrons. The number of hydrogen-bond donors (Lipinski definition) is 0. The normalized spacial score (nSPS) is 21.1. The van der Waals surface area contributed by atoms with E-state index in [9.17, 15) is 0 Å². The van der Waals surface area contributed by atoms with Gasteiger partial charge >= 0.3 is 21.7 Å². The van der Waals surface area contributed by atoms with Crippen LogP contribution in [0.15, 0.2) is 78.9 Å². The van der Waals surface area contributed by atoms with Crippen molar-refractivity contribution in [3.8, 4) is 0 Å². The Bertz CT molecular complexity index is 1150. The molecule has 0 saturated heterocycles. The fourth-order valence-corrected chi connectivity index (χ4v) is 7.38. The van der Waals surface area contributed by atoms with Gasteiger partial charge in [-0.25, -0.2) is 0 Å². The van der Waals surface area contributed by atoms with Crippen molar-refractivity contribution >= 4 is 0 Å². The van der Waals surface area contributed by atoms with Crippen LogP contribution < -0.4 is 37.2 Å². The van der Waals surface area contributed by atoms with Gasteiger partial charge in [0.1, 0.15) is 0 Å². The van der Waals surface area contributed by atoms with E-state index in [-0.39, 0.29) is 64.4 Å². The van der Waals surface area contributed by atoms with Gasteiger partial charge < -0.3 is 43.6 Å². The van der Waals surface area contributed by atoms with E-state index in [2.05, 4.69) is 134 Å². The quantitative estimate of drug-likeness (QED) is 0.216. The molecule has 0 aromatic heterocycles. The predicted octanol–water partition coefficient (Wildman–Crippen LogP) is -0.290. The number of rotatable bonds is 4. The molecule has 5 rings (SSSR count). The second-order valence-corrected chi connectivity index (χ2v) is 11.4. The number of halogens is 3. The third kappa shape index (κ3) is 6.63. The van der Waals surface area contributed by atoms with E-state index in [4.69, 9.17) is 0 Å². The molecule has 3 aromatic carbocycles. The van der Waals surface area contributed by atoms with Crippen molar-refractivity contribution in [1.82, 2.24) is 0 Å². The standard InChI is InChI=1S/C35H39.3ClH.Ti/c1-22-12-23(2)16-30(15-22)35(31-17-24(3)13-25(4)18-31,32-19-26(5)14-27(6)20-32)34-28(7)21-29-10-8-9-11-33(29)34;;;;/h8-21,28-29,33-34H,1-7H3;3*1H;/q-1;;;;+4/p-3. The molecule has 2 aliphatic rings. The molecule has 0 bridgehead atoms. The summed E-state index contributed by atoms with van der Waals surface area (Å²) in [4.78, 5) is 0. The fourth-order valence-electron chi connectivity index (χ4n) is 7.38. The van der Waals surface area contributed by atoms with Gasteiger partial charge in [-0.05, 0) is 70.1 Å². The van der Waals surface area contributed by atoms with Crippen LogP contribution in [0.4, 0.5) is 0 Å². The Hall–Kier alpha value is -1.28. The summed E-state index contributed by atoms with van der Waals surface area (Å²) >= 11 is 0. The molecule has 0 spiro atoms. The van der Waals surface area contributed by atoms with E-state index >= 15 is 0 Å². The topological polar surface area (TPSA) is 0 Å². The maximum absolute atomic E-state index is 2.61. The Morgan fingerprint density at radius 2 is 0.872 bits per heavy atom. The summed E-state index contributed by atoms with van der Waals surface area (Å²) in [5.41, 5.74) is 12.1.